The van der Waals surface area contributed by atoms with Crippen LogP contribution in [0.4, 0.5) is 17.6 Å². The van der Waals surface area contributed by atoms with E-state index in [1.165, 1.54) is 48.5 Å². The van der Waals surface area contributed by atoms with Gasteiger partial charge in [0.05, 0.1) is 44.5 Å². The number of benzene rings is 10. The van der Waals surface area contributed by atoms with Crippen molar-refractivity contribution in [3.05, 3.63) is 141 Å². The molecule has 0 bridgehead atoms. The Hall–Kier alpha value is -8.92. The van der Waals surface area contributed by atoms with Crippen LogP contribution >= 0.6 is 0 Å². The Morgan fingerprint density at radius 3 is 0.750 bits per heavy atom. The van der Waals surface area contributed by atoms with E-state index in [1.807, 2.05) is 0 Å². The van der Waals surface area contributed by atoms with Crippen LogP contribution in [0.1, 0.15) is 82.9 Å². The molecular weight excluding hydrogens is 845 g/mol. The molecular formula is C48H12F4O12. The van der Waals surface area contributed by atoms with E-state index in [1.54, 1.807) is 0 Å². The van der Waals surface area contributed by atoms with Crippen molar-refractivity contribution in [3.8, 4) is 0 Å². The van der Waals surface area contributed by atoms with Crippen molar-refractivity contribution in [2.75, 3.05) is 0 Å². The maximum absolute atomic E-state index is 15.4. The van der Waals surface area contributed by atoms with Gasteiger partial charge in [0, 0.05) is 59.2 Å². The molecule has 10 aromatic carbocycles. The summed E-state index contributed by atoms with van der Waals surface area (Å²) >= 11 is 0. The molecule has 10 aromatic rings. The molecule has 0 fully saturated rings. The molecule has 0 amide bonds. The summed E-state index contributed by atoms with van der Waals surface area (Å²) in [4.78, 5) is 98.4. The van der Waals surface area contributed by atoms with Gasteiger partial charge in [-0.3, -0.25) is 0 Å². The van der Waals surface area contributed by atoms with E-state index < -0.39 is 71.0 Å². The van der Waals surface area contributed by atoms with E-state index in [9.17, 15) is 38.4 Å². The Bertz CT molecular complexity index is 3910. The molecule has 14 rings (SSSR count). The van der Waals surface area contributed by atoms with Gasteiger partial charge >= 0.3 is 47.8 Å². The number of esters is 8. The minimum absolute atomic E-state index is 0.0235. The fraction of sp³-hybridized carbons (Fsp3) is 0. The molecule has 0 aromatic heterocycles. The Kier molecular flexibility index (Phi) is 6.44. The van der Waals surface area contributed by atoms with Crippen LogP contribution in [-0.2, 0) is 18.9 Å². The summed E-state index contributed by atoms with van der Waals surface area (Å²) in [6.45, 7) is 0. The largest absolute Gasteiger partial charge is 0.386 e. The van der Waals surface area contributed by atoms with Gasteiger partial charge in [-0.05, 0) is 75.5 Å². The van der Waals surface area contributed by atoms with Gasteiger partial charge < -0.3 is 18.9 Å². The van der Waals surface area contributed by atoms with Crippen molar-refractivity contribution in [3.63, 3.8) is 0 Å². The third-order valence-electron chi connectivity index (χ3n) is 12.5. The summed E-state index contributed by atoms with van der Waals surface area (Å²) in [5.74, 6) is -10.7. The van der Waals surface area contributed by atoms with Gasteiger partial charge in [-0.1, -0.05) is 24.3 Å². The fourth-order valence-corrected chi connectivity index (χ4v) is 10.1. The van der Waals surface area contributed by atoms with Crippen molar-refractivity contribution in [1.82, 2.24) is 0 Å². The first kappa shape index (κ1) is 35.8. The number of fused-ring (bicyclic) bond motifs is 4. The van der Waals surface area contributed by atoms with E-state index in [2.05, 4.69) is 4.74 Å². The maximum Gasteiger partial charge on any atom is 0.346 e. The molecule has 0 unspecified atom stereocenters. The van der Waals surface area contributed by atoms with E-state index in [0.29, 0.717) is 16.2 Å². The summed E-state index contributed by atoms with van der Waals surface area (Å²) in [5.41, 5.74) is -0.282. The van der Waals surface area contributed by atoms with Gasteiger partial charge in [-0.2, -0.15) is 0 Å². The number of hydrogen-bond acceptors (Lipinski definition) is 12. The zero-order chi connectivity index (χ0) is 44.1. The lowest BCUT2D eigenvalue weighted by molar-refractivity contribution is 0.0372. The quantitative estimate of drug-likeness (QED) is 0.0354. The average Bonchev–Trinajstić information content (AvgIpc) is 3.26. The third-order valence-corrected chi connectivity index (χ3v) is 12.5. The number of hydrogen-bond donors (Lipinski definition) is 0. The summed E-state index contributed by atoms with van der Waals surface area (Å²) in [7, 11) is 0. The Morgan fingerprint density at radius 1 is 0.234 bits per heavy atom. The molecule has 0 aliphatic carbocycles. The number of ether oxygens (including phenoxy) is 4. The van der Waals surface area contributed by atoms with Crippen LogP contribution in [0.5, 0.6) is 0 Å². The molecule has 0 N–H and O–H groups in total. The lowest BCUT2D eigenvalue weighted by Gasteiger charge is -2.23. The molecule has 304 valence electrons. The van der Waals surface area contributed by atoms with Crippen LogP contribution in [0.25, 0.3) is 86.2 Å². The molecule has 16 heteroatoms. The fourth-order valence-electron chi connectivity index (χ4n) is 10.1. The third kappa shape index (κ3) is 4.11. The highest BCUT2D eigenvalue weighted by atomic mass is 19.1. The molecule has 64 heavy (non-hydrogen) atoms. The number of rotatable bonds is 0. The van der Waals surface area contributed by atoms with Gasteiger partial charge in [-0.15, -0.1) is 0 Å². The summed E-state index contributed by atoms with van der Waals surface area (Å²) in [6.07, 6.45) is 0. The van der Waals surface area contributed by atoms with Gasteiger partial charge in [0.25, 0.3) is 0 Å². The number of cyclic esters (lactones) is 8. The Balaban J connectivity index is 0.000000129. The average molecular weight is 857 g/mol. The highest BCUT2D eigenvalue weighted by Crippen LogP contribution is 2.49. The lowest BCUT2D eigenvalue weighted by atomic mass is 9.83. The zero-order valence-corrected chi connectivity index (χ0v) is 31.3. The minimum atomic E-state index is -1.02. The zero-order valence-electron chi connectivity index (χ0n) is 31.3. The van der Waals surface area contributed by atoms with Gasteiger partial charge in [-0.25, -0.2) is 55.9 Å². The number of halogens is 4. The monoisotopic (exact) mass is 856 g/mol. The van der Waals surface area contributed by atoms with Gasteiger partial charge in [0.1, 0.15) is 23.3 Å². The highest BCUT2D eigenvalue weighted by molar-refractivity contribution is 6.42. The molecule has 0 spiro atoms. The van der Waals surface area contributed by atoms with Crippen molar-refractivity contribution < 1.29 is 74.9 Å². The van der Waals surface area contributed by atoms with Crippen LogP contribution in [0.2, 0.25) is 0 Å². The second-order valence-corrected chi connectivity index (χ2v) is 15.5. The number of carbonyl (C=O) groups is 8. The van der Waals surface area contributed by atoms with Crippen LogP contribution in [0.15, 0.2) is 72.8 Å². The van der Waals surface area contributed by atoms with E-state index in [4.69, 9.17) is 14.2 Å². The Morgan fingerprint density at radius 2 is 0.453 bits per heavy atom. The standard InChI is InChI=1S/2C24H6F2O6/c25-13-5-12-16-10(22(28)32-24(12)30)4-2-8-18-14(26)6-11-15-9(21(27)31-23(11)29)3-1-7(19(15)18)17(13)20(8)16;25-13-5-11-17-12(24(30)32-23(11)29)6-14(26)19-8-2-4-10-16-9(21(27)31-22(10)28)3-1-7(15(8)16)18(13)20(17)19/h2*1-6H. The van der Waals surface area contributed by atoms with E-state index >= 15 is 17.6 Å². The van der Waals surface area contributed by atoms with Crippen LogP contribution in [-0.4, -0.2) is 47.8 Å². The molecule has 4 heterocycles. The van der Waals surface area contributed by atoms with Gasteiger partial charge in [0.15, 0.2) is 0 Å². The maximum atomic E-state index is 15.4. The SMILES string of the molecule is O=C1OC(=O)c2cc(F)c3c4ccc5c6c(cc(F)c(c7ccc1c2c73)c64)C(=O)OC5=O.O=C1OC(=O)c2ccc3c4c(F)cc5c6c(cc(F)c(c7ccc1c2c73)c64)C(=O)OC5=O. The second-order valence-electron chi connectivity index (χ2n) is 15.5. The highest BCUT2D eigenvalue weighted by Gasteiger charge is 2.37. The van der Waals surface area contributed by atoms with Crippen molar-refractivity contribution in [1.29, 1.82) is 0 Å². The normalized spacial score (nSPS) is 15.3. The molecule has 4 aliphatic heterocycles. The van der Waals surface area contributed by atoms with E-state index in [0.717, 1.165) is 24.3 Å². The first-order chi connectivity index (χ1) is 30.7. The Labute approximate surface area is 348 Å². The predicted octanol–water partition coefficient (Wildman–Crippen LogP) is 9.27. The molecule has 12 nitrogen and oxygen atoms in total. The van der Waals surface area contributed by atoms with Crippen LogP contribution in [0.3, 0.4) is 0 Å². The topological polar surface area (TPSA) is 173 Å². The smallest absolute Gasteiger partial charge is 0.346 e. The molecule has 0 radical (unpaired) electrons. The lowest BCUT2D eigenvalue weighted by Crippen LogP contribution is -2.21. The van der Waals surface area contributed by atoms with E-state index in [-0.39, 0.29) is 115 Å². The molecule has 0 atom stereocenters. The second kappa shape index (κ2) is 11.5. The first-order valence-corrected chi connectivity index (χ1v) is 19.0. The summed E-state index contributed by atoms with van der Waals surface area (Å²) in [5, 5.41) is 2.62. The summed E-state index contributed by atoms with van der Waals surface area (Å²) in [6, 6.07) is 15.3. The number of carbonyl (C=O) groups excluding carboxylic acids is 8. The molecule has 0 saturated carbocycles. The molecule has 0 saturated heterocycles. The minimum Gasteiger partial charge on any atom is -0.386 e. The van der Waals surface area contributed by atoms with Crippen molar-refractivity contribution in [2.45, 2.75) is 0 Å². The van der Waals surface area contributed by atoms with Crippen LogP contribution in [0, 0.1) is 23.3 Å². The first-order valence-electron chi connectivity index (χ1n) is 19.0. The van der Waals surface area contributed by atoms with Crippen LogP contribution < -0.4 is 0 Å². The predicted molar refractivity (Wildman–Crippen MR) is 214 cm³/mol. The van der Waals surface area contributed by atoms with Crippen molar-refractivity contribution >= 4 is 134 Å². The van der Waals surface area contributed by atoms with Crippen molar-refractivity contribution in [2.24, 2.45) is 0 Å². The summed E-state index contributed by atoms with van der Waals surface area (Å²) < 4.78 is 80.6. The van der Waals surface area contributed by atoms with Gasteiger partial charge in [0.2, 0.25) is 0 Å². The molecule has 4 aliphatic rings.